The van der Waals surface area contributed by atoms with Crippen LogP contribution in [0.5, 0.6) is 0 Å². The van der Waals surface area contributed by atoms with Crippen LogP contribution in [-0.2, 0) is 4.74 Å². The molecule has 0 spiro atoms. The predicted octanol–water partition coefficient (Wildman–Crippen LogP) is 2.13. The van der Waals surface area contributed by atoms with Gasteiger partial charge in [0.1, 0.15) is 0 Å². The zero-order valence-electron chi connectivity index (χ0n) is 11.3. The van der Waals surface area contributed by atoms with E-state index in [1.165, 1.54) is 0 Å². The van der Waals surface area contributed by atoms with Crippen LogP contribution < -0.4 is 5.73 Å². The van der Waals surface area contributed by atoms with E-state index in [1.54, 1.807) is 0 Å². The number of nitrogens with zero attached hydrogens (tertiary/aromatic N) is 2. The van der Waals surface area contributed by atoms with Gasteiger partial charge in [0.25, 0.3) is 0 Å². The van der Waals surface area contributed by atoms with E-state index in [4.69, 9.17) is 10.5 Å². The van der Waals surface area contributed by atoms with Gasteiger partial charge in [0.2, 0.25) is 0 Å². The number of rotatable bonds is 1. The van der Waals surface area contributed by atoms with Crippen LogP contribution >= 0.6 is 0 Å². The van der Waals surface area contributed by atoms with Crippen molar-refractivity contribution in [1.29, 1.82) is 0 Å². The molecule has 0 radical (unpaired) electrons. The fraction of sp³-hybridized carbons (Fsp3) is 0.500. The summed E-state index contributed by atoms with van der Waals surface area (Å²) in [7, 11) is 0. The number of nitrogens with two attached hydrogens (primary N) is 1. The first-order valence-corrected chi connectivity index (χ1v) is 6.28. The number of ether oxygens (including phenoxy) is 1. The van der Waals surface area contributed by atoms with Crippen molar-refractivity contribution >= 4 is 11.6 Å². The molecule has 1 fully saturated rings. The van der Waals surface area contributed by atoms with Gasteiger partial charge < -0.3 is 15.4 Å². The third-order valence-corrected chi connectivity index (χ3v) is 2.89. The van der Waals surface area contributed by atoms with Gasteiger partial charge in [-0.2, -0.15) is 0 Å². The average molecular weight is 247 g/mol. The highest BCUT2D eigenvalue weighted by molar-refractivity contribution is 5.81. The topological polar surface area (TPSA) is 50.8 Å². The summed E-state index contributed by atoms with van der Waals surface area (Å²) in [5.74, 6) is 0.560. The molecule has 18 heavy (non-hydrogen) atoms. The first kappa shape index (κ1) is 12.9. The van der Waals surface area contributed by atoms with Crippen molar-refractivity contribution in [3.8, 4) is 0 Å². The molecule has 4 heteroatoms. The lowest BCUT2D eigenvalue weighted by atomic mass is 10.1. The Bertz CT molecular complexity index is 428. The van der Waals surface area contributed by atoms with E-state index in [0.717, 1.165) is 18.8 Å². The number of hydrogen-bond donors (Lipinski definition) is 1. The van der Waals surface area contributed by atoms with Gasteiger partial charge in [-0.25, -0.2) is 4.99 Å². The largest absolute Gasteiger partial charge is 0.369 e. The van der Waals surface area contributed by atoms with E-state index in [2.05, 4.69) is 30.7 Å². The number of para-hydroxylation sites is 1. The molecule has 1 unspecified atom stereocenters. The molecule has 98 valence electrons. The van der Waals surface area contributed by atoms with Crippen molar-refractivity contribution in [2.75, 3.05) is 13.1 Å². The van der Waals surface area contributed by atoms with Crippen LogP contribution in [0.3, 0.4) is 0 Å². The van der Waals surface area contributed by atoms with Crippen molar-refractivity contribution in [2.45, 2.75) is 32.5 Å². The number of benzene rings is 1. The Morgan fingerprint density at radius 1 is 1.39 bits per heavy atom. The van der Waals surface area contributed by atoms with Gasteiger partial charge in [0.05, 0.1) is 17.4 Å². The fourth-order valence-corrected chi connectivity index (χ4v) is 2.33. The van der Waals surface area contributed by atoms with E-state index >= 15 is 0 Å². The van der Waals surface area contributed by atoms with E-state index in [0.29, 0.717) is 5.96 Å². The minimum atomic E-state index is -0.186. The second kappa shape index (κ2) is 4.98. The molecular formula is C14H21N3O. The molecule has 0 saturated carbocycles. The summed E-state index contributed by atoms with van der Waals surface area (Å²) in [5, 5.41) is 0. The van der Waals surface area contributed by atoms with E-state index in [9.17, 15) is 0 Å². The molecule has 1 atom stereocenters. The quantitative estimate of drug-likeness (QED) is 0.611. The third-order valence-electron chi connectivity index (χ3n) is 2.89. The van der Waals surface area contributed by atoms with Crippen LogP contribution in [0.15, 0.2) is 35.3 Å². The lowest BCUT2D eigenvalue weighted by molar-refractivity contribution is -0.113. The second-order valence-corrected chi connectivity index (χ2v) is 5.37. The lowest BCUT2D eigenvalue weighted by Crippen LogP contribution is -2.55. The summed E-state index contributed by atoms with van der Waals surface area (Å²) in [6.07, 6.45) is 0.165. The Labute approximate surface area is 108 Å². The van der Waals surface area contributed by atoms with Gasteiger partial charge in [0, 0.05) is 13.1 Å². The minimum absolute atomic E-state index is 0.165. The molecule has 0 aliphatic carbocycles. The standard InChI is InChI=1S/C14H21N3O/c1-11-9-17(10-14(2,3)18-11)13(15)16-12-7-5-4-6-8-12/h4-8,11H,9-10H2,1-3H3,(H2,15,16). The maximum Gasteiger partial charge on any atom is 0.196 e. The maximum absolute atomic E-state index is 6.08. The Balaban J connectivity index is 2.13. The molecule has 1 saturated heterocycles. The first-order valence-electron chi connectivity index (χ1n) is 6.28. The molecule has 1 heterocycles. The molecule has 1 aliphatic rings. The first-order chi connectivity index (χ1) is 8.46. The van der Waals surface area contributed by atoms with E-state index < -0.39 is 0 Å². The molecule has 0 bridgehead atoms. The Morgan fingerprint density at radius 3 is 2.67 bits per heavy atom. The van der Waals surface area contributed by atoms with Gasteiger partial charge in [-0.1, -0.05) is 18.2 Å². The molecule has 2 rings (SSSR count). The van der Waals surface area contributed by atoms with Crippen molar-refractivity contribution < 1.29 is 4.74 Å². The normalized spacial score (nSPS) is 24.1. The van der Waals surface area contributed by atoms with Gasteiger partial charge in [0.15, 0.2) is 5.96 Å². The molecule has 1 aromatic rings. The number of guanidine groups is 1. The molecule has 0 amide bonds. The van der Waals surface area contributed by atoms with Gasteiger partial charge in [-0.3, -0.25) is 0 Å². The van der Waals surface area contributed by atoms with Gasteiger partial charge >= 0.3 is 0 Å². The van der Waals surface area contributed by atoms with Gasteiger partial charge in [-0.05, 0) is 32.9 Å². The molecule has 4 nitrogen and oxygen atoms in total. The predicted molar refractivity (Wildman–Crippen MR) is 73.9 cm³/mol. The molecule has 2 N–H and O–H groups in total. The van der Waals surface area contributed by atoms with E-state index in [1.807, 2.05) is 30.3 Å². The zero-order chi connectivity index (χ0) is 13.2. The van der Waals surface area contributed by atoms with Crippen molar-refractivity contribution in [1.82, 2.24) is 4.90 Å². The van der Waals surface area contributed by atoms with Crippen LogP contribution in [0, 0.1) is 0 Å². The fourth-order valence-electron chi connectivity index (χ4n) is 2.33. The second-order valence-electron chi connectivity index (χ2n) is 5.37. The molecule has 0 aromatic heterocycles. The van der Waals surface area contributed by atoms with Crippen LogP contribution in [-0.4, -0.2) is 35.7 Å². The minimum Gasteiger partial charge on any atom is -0.369 e. The third kappa shape index (κ3) is 3.23. The smallest absolute Gasteiger partial charge is 0.196 e. The summed E-state index contributed by atoms with van der Waals surface area (Å²) in [4.78, 5) is 6.53. The van der Waals surface area contributed by atoms with Crippen LogP contribution in [0.25, 0.3) is 0 Å². The lowest BCUT2D eigenvalue weighted by Gasteiger charge is -2.42. The molecule has 1 aromatic carbocycles. The number of aliphatic imine (C=N–C) groups is 1. The van der Waals surface area contributed by atoms with Crippen molar-refractivity contribution in [3.63, 3.8) is 0 Å². The number of morpholine rings is 1. The summed E-state index contributed by atoms with van der Waals surface area (Å²) in [5.41, 5.74) is 6.78. The van der Waals surface area contributed by atoms with Crippen LogP contribution in [0.4, 0.5) is 5.69 Å². The highest BCUT2D eigenvalue weighted by atomic mass is 16.5. The van der Waals surface area contributed by atoms with Crippen LogP contribution in [0.1, 0.15) is 20.8 Å². The summed E-state index contributed by atoms with van der Waals surface area (Å²) in [6.45, 7) is 7.76. The SMILES string of the molecule is CC1CN(C(N)=Nc2ccccc2)CC(C)(C)O1. The van der Waals surface area contributed by atoms with Crippen molar-refractivity contribution in [2.24, 2.45) is 10.7 Å². The Morgan fingerprint density at radius 2 is 2.06 bits per heavy atom. The van der Waals surface area contributed by atoms with Crippen molar-refractivity contribution in [3.05, 3.63) is 30.3 Å². The Kier molecular flexibility index (Phi) is 3.57. The summed E-state index contributed by atoms with van der Waals surface area (Å²) >= 11 is 0. The molecular weight excluding hydrogens is 226 g/mol. The molecule has 1 aliphatic heterocycles. The maximum atomic E-state index is 6.08. The number of hydrogen-bond acceptors (Lipinski definition) is 2. The van der Waals surface area contributed by atoms with Crippen LogP contribution in [0.2, 0.25) is 0 Å². The highest BCUT2D eigenvalue weighted by Crippen LogP contribution is 2.21. The highest BCUT2D eigenvalue weighted by Gasteiger charge is 2.32. The van der Waals surface area contributed by atoms with Gasteiger partial charge in [-0.15, -0.1) is 0 Å². The Hall–Kier alpha value is -1.55. The summed E-state index contributed by atoms with van der Waals surface area (Å²) < 4.78 is 5.85. The van der Waals surface area contributed by atoms with E-state index in [-0.39, 0.29) is 11.7 Å². The summed E-state index contributed by atoms with van der Waals surface area (Å²) in [6, 6.07) is 9.77. The average Bonchev–Trinajstić information content (AvgIpc) is 2.27. The monoisotopic (exact) mass is 247 g/mol. The zero-order valence-corrected chi connectivity index (χ0v) is 11.3.